The molecule has 0 spiro atoms. The number of amides is 1. The molecule has 1 amide bonds. The zero-order valence-corrected chi connectivity index (χ0v) is 25.5. The Kier molecular flexibility index (Phi) is 10.6. The summed E-state index contributed by atoms with van der Waals surface area (Å²) < 4.78 is 13.2. The molecule has 6 atom stereocenters. The monoisotopic (exact) mass is 594 g/mol. The fraction of sp³-hybridized carbons (Fsp3) is 0.324. The molecule has 0 bridgehead atoms. The molecular weight excluding hydrogens is 552 g/mol. The second-order valence-corrected chi connectivity index (χ2v) is 11.6. The number of ether oxygens (including phenoxy) is 2. The molecule has 0 radical (unpaired) electrons. The van der Waals surface area contributed by atoms with Crippen molar-refractivity contribution in [3.05, 3.63) is 143 Å². The Balaban J connectivity index is 1.31. The zero-order valence-electron chi connectivity index (χ0n) is 25.5. The molecule has 0 unspecified atom stereocenters. The fourth-order valence-corrected chi connectivity index (χ4v) is 5.61. The average molecular weight is 595 g/mol. The normalized spacial score (nSPS) is 21.5. The molecule has 4 aromatic rings. The summed E-state index contributed by atoms with van der Waals surface area (Å²) >= 11 is 0. The van der Waals surface area contributed by atoms with Crippen molar-refractivity contribution < 1.29 is 24.5 Å². The summed E-state index contributed by atoms with van der Waals surface area (Å²) in [5.74, 6) is -0.0986. The van der Waals surface area contributed by atoms with Crippen molar-refractivity contribution >= 4 is 5.91 Å². The average Bonchev–Trinajstić information content (AvgIpc) is 3.08. The minimum atomic E-state index is -0.635. The van der Waals surface area contributed by atoms with Gasteiger partial charge in [-0.3, -0.25) is 9.69 Å². The molecule has 4 aromatic carbocycles. The van der Waals surface area contributed by atoms with E-state index in [2.05, 4.69) is 17.1 Å². The zero-order chi connectivity index (χ0) is 31.1. The molecule has 1 fully saturated rings. The van der Waals surface area contributed by atoms with E-state index < -0.39 is 12.4 Å². The van der Waals surface area contributed by atoms with Gasteiger partial charge >= 0.3 is 0 Å². The molecule has 1 heterocycles. The van der Waals surface area contributed by atoms with Gasteiger partial charge in [-0.05, 0) is 48.4 Å². The summed E-state index contributed by atoms with van der Waals surface area (Å²) in [5.41, 5.74) is 5.23. The van der Waals surface area contributed by atoms with Gasteiger partial charge in [-0.1, -0.05) is 104 Å². The molecule has 5 rings (SSSR count). The molecule has 0 saturated carbocycles. The van der Waals surface area contributed by atoms with Crippen LogP contribution in [0.2, 0.25) is 0 Å². The lowest BCUT2D eigenvalue weighted by molar-refractivity contribution is -0.276. The Hall–Kier alpha value is -3.85. The SMILES string of the molecule is C[C@@H]1[C@H](CN(C)[C@@H](C)[C@H](O)c2ccccc2)O[C@H](c2ccc(CNC(=O)c3ccccc3)cc2)O[C@@H]1c1ccc(CO)cc1. The van der Waals surface area contributed by atoms with Gasteiger partial charge in [0, 0.05) is 36.2 Å². The van der Waals surface area contributed by atoms with Gasteiger partial charge in [0.2, 0.25) is 0 Å². The lowest BCUT2D eigenvalue weighted by Gasteiger charge is -2.43. The van der Waals surface area contributed by atoms with Crippen LogP contribution >= 0.6 is 0 Å². The second kappa shape index (κ2) is 14.8. The van der Waals surface area contributed by atoms with E-state index in [9.17, 15) is 15.0 Å². The lowest BCUT2D eigenvalue weighted by atomic mass is 9.89. The van der Waals surface area contributed by atoms with Gasteiger partial charge in [0.25, 0.3) is 5.91 Å². The van der Waals surface area contributed by atoms with E-state index in [4.69, 9.17) is 9.47 Å². The summed E-state index contributed by atoms with van der Waals surface area (Å²) in [6.07, 6.45) is -1.66. The highest BCUT2D eigenvalue weighted by molar-refractivity contribution is 5.94. The van der Waals surface area contributed by atoms with Crippen LogP contribution in [-0.2, 0) is 22.6 Å². The van der Waals surface area contributed by atoms with Gasteiger partial charge < -0.3 is 25.0 Å². The minimum absolute atomic E-state index is 0.0136. The number of hydrogen-bond donors (Lipinski definition) is 3. The highest BCUT2D eigenvalue weighted by Crippen LogP contribution is 2.42. The number of likely N-dealkylation sites (N-methyl/N-ethyl adjacent to an activating group) is 1. The summed E-state index contributed by atoms with van der Waals surface area (Å²) in [6, 6.07) is 34.6. The number of aliphatic hydroxyl groups excluding tert-OH is 2. The highest BCUT2D eigenvalue weighted by Gasteiger charge is 2.39. The maximum absolute atomic E-state index is 12.5. The van der Waals surface area contributed by atoms with Crippen LogP contribution in [0.5, 0.6) is 0 Å². The van der Waals surface area contributed by atoms with Crippen LogP contribution in [0.4, 0.5) is 0 Å². The van der Waals surface area contributed by atoms with Crippen LogP contribution in [0.1, 0.15) is 70.5 Å². The largest absolute Gasteiger partial charge is 0.392 e. The summed E-state index contributed by atoms with van der Waals surface area (Å²) in [4.78, 5) is 14.6. The third kappa shape index (κ3) is 7.62. The number of rotatable bonds is 11. The van der Waals surface area contributed by atoms with Crippen molar-refractivity contribution in [3.63, 3.8) is 0 Å². The van der Waals surface area contributed by atoms with E-state index in [1.165, 1.54) is 0 Å². The van der Waals surface area contributed by atoms with Crippen molar-refractivity contribution in [3.8, 4) is 0 Å². The molecular formula is C37H42N2O5. The number of aliphatic hydroxyl groups is 2. The van der Waals surface area contributed by atoms with Gasteiger partial charge in [-0.25, -0.2) is 0 Å². The van der Waals surface area contributed by atoms with Crippen LogP contribution in [0.15, 0.2) is 109 Å². The van der Waals surface area contributed by atoms with Crippen molar-refractivity contribution in [1.82, 2.24) is 10.2 Å². The van der Waals surface area contributed by atoms with Crippen molar-refractivity contribution in [2.24, 2.45) is 5.92 Å². The molecule has 3 N–H and O–H groups in total. The molecule has 1 saturated heterocycles. The molecule has 7 heteroatoms. The standard InChI is InChI=1S/C37H42N2O5/c1-25-33(23-39(3)26(2)34(41)29-10-6-4-7-11-29)43-37(44-35(25)30-18-16-28(24-40)17-19-30)32-20-14-27(15-21-32)22-38-36(42)31-12-8-5-9-13-31/h4-21,25-26,33-35,37,40-41H,22-24H2,1-3H3,(H,38,42)/t25-,26+,33+,34+,35+,37+/m1/s1. The number of nitrogens with zero attached hydrogens (tertiary/aromatic N) is 1. The molecule has 7 nitrogen and oxygen atoms in total. The molecule has 44 heavy (non-hydrogen) atoms. The van der Waals surface area contributed by atoms with Crippen LogP contribution in [0.3, 0.4) is 0 Å². The Labute approximate surface area is 260 Å². The third-order valence-corrected chi connectivity index (χ3v) is 8.63. The second-order valence-electron chi connectivity index (χ2n) is 11.6. The predicted octanol–water partition coefficient (Wildman–Crippen LogP) is 5.95. The topological polar surface area (TPSA) is 91.3 Å². The first kappa shape index (κ1) is 31.6. The van der Waals surface area contributed by atoms with Gasteiger partial charge in [-0.2, -0.15) is 0 Å². The Morgan fingerprint density at radius 2 is 1.43 bits per heavy atom. The first-order chi connectivity index (χ1) is 21.3. The maximum Gasteiger partial charge on any atom is 0.251 e. The third-order valence-electron chi connectivity index (χ3n) is 8.63. The fourth-order valence-electron chi connectivity index (χ4n) is 5.61. The predicted molar refractivity (Wildman–Crippen MR) is 171 cm³/mol. The number of carbonyl (C=O) groups excluding carboxylic acids is 1. The van der Waals surface area contributed by atoms with Gasteiger partial charge in [-0.15, -0.1) is 0 Å². The van der Waals surface area contributed by atoms with Gasteiger partial charge in [0.1, 0.15) is 0 Å². The molecule has 1 aliphatic heterocycles. The number of carbonyl (C=O) groups is 1. The maximum atomic E-state index is 12.5. The molecule has 0 aromatic heterocycles. The Morgan fingerprint density at radius 3 is 2.07 bits per heavy atom. The summed E-state index contributed by atoms with van der Waals surface area (Å²) in [5, 5.41) is 23.6. The summed E-state index contributed by atoms with van der Waals surface area (Å²) in [7, 11) is 2.01. The van der Waals surface area contributed by atoms with Crippen LogP contribution < -0.4 is 5.32 Å². The smallest absolute Gasteiger partial charge is 0.251 e. The van der Waals surface area contributed by atoms with Crippen molar-refractivity contribution in [1.29, 1.82) is 0 Å². The van der Waals surface area contributed by atoms with Crippen molar-refractivity contribution in [2.75, 3.05) is 13.6 Å². The number of hydrogen-bond acceptors (Lipinski definition) is 6. The van der Waals surface area contributed by atoms with E-state index in [1.54, 1.807) is 12.1 Å². The minimum Gasteiger partial charge on any atom is -0.392 e. The molecule has 1 aliphatic rings. The summed E-state index contributed by atoms with van der Waals surface area (Å²) in [6.45, 7) is 5.16. The molecule has 230 valence electrons. The highest BCUT2D eigenvalue weighted by atomic mass is 16.7. The number of nitrogens with one attached hydrogen (secondary N) is 1. The van der Waals surface area contributed by atoms with E-state index in [0.717, 1.165) is 27.8 Å². The first-order valence-electron chi connectivity index (χ1n) is 15.2. The first-order valence-corrected chi connectivity index (χ1v) is 15.2. The van der Waals surface area contributed by atoms with E-state index >= 15 is 0 Å². The van der Waals surface area contributed by atoms with Gasteiger partial charge in [0.15, 0.2) is 6.29 Å². The Morgan fingerprint density at radius 1 is 0.841 bits per heavy atom. The number of benzene rings is 4. The van der Waals surface area contributed by atoms with E-state index in [0.29, 0.717) is 18.7 Å². The van der Waals surface area contributed by atoms with E-state index in [1.807, 2.05) is 111 Å². The van der Waals surface area contributed by atoms with Crippen molar-refractivity contribution in [2.45, 2.75) is 57.6 Å². The van der Waals surface area contributed by atoms with E-state index in [-0.39, 0.29) is 36.7 Å². The molecule has 0 aliphatic carbocycles. The van der Waals surface area contributed by atoms with Gasteiger partial charge in [0.05, 0.1) is 24.9 Å². The Bertz CT molecular complexity index is 1460. The lowest BCUT2D eigenvalue weighted by Crippen LogP contribution is -2.46. The van der Waals surface area contributed by atoms with Crippen LogP contribution in [0, 0.1) is 5.92 Å². The van der Waals surface area contributed by atoms with Crippen LogP contribution in [0.25, 0.3) is 0 Å². The quantitative estimate of drug-likeness (QED) is 0.199. The van der Waals surface area contributed by atoms with Crippen LogP contribution in [-0.4, -0.2) is 46.8 Å².